The summed E-state index contributed by atoms with van der Waals surface area (Å²) in [7, 11) is 0. The Bertz CT molecular complexity index is 373. The summed E-state index contributed by atoms with van der Waals surface area (Å²) in [5, 5.41) is 3.45. The van der Waals surface area contributed by atoms with Crippen LogP contribution in [0.4, 0.5) is 0 Å². The number of hydrogen-bond acceptors (Lipinski definition) is 3. The van der Waals surface area contributed by atoms with E-state index in [1.165, 1.54) is 44.6 Å². The number of likely N-dealkylation sites (tertiary alicyclic amines) is 1. The maximum Gasteiger partial charge on any atom is 0.0234 e. The van der Waals surface area contributed by atoms with Gasteiger partial charge in [-0.1, -0.05) is 30.3 Å². The molecule has 0 aliphatic carbocycles. The lowest BCUT2D eigenvalue weighted by atomic mass is 10.0. The van der Waals surface area contributed by atoms with Gasteiger partial charge in [0.05, 0.1) is 0 Å². The number of piperazine rings is 1. The number of benzene rings is 1. The van der Waals surface area contributed by atoms with Gasteiger partial charge in [0.15, 0.2) is 0 Å². The molecule has 2 saturated heterocycles. The molecule has 1 atom stereocenters. The van der Waals surface area contributed by atoms with Gasteiger partial charge in [0.1, 0.15) is 0 Å². The van der Waals surface area contributed by atoms with Crippen LogP contribution < -0.4 is 5.32 Å². The minimum Gasteiger partial charge on any atom is -0.314 e. The van der Waals surface area contributed by atoms with E-state index in [1.807, 2.05) is 0 Å². The maximum absolute atomic E-state index is 3.45. The molecule has 2 heterocycles. The second-order valence-electron chi connectivity index (χ2n) is 5.80. The summed E-state index contributed by atoms with van der Waals surface area (Å²) in [5.74, 6) is 0. The van der Waals surface area contributed by atoms with Gasteiger partial charge in [-0.3, -0.25) is 9.80 Å². The van der Waals surface area contributed by atoms with Gasteiger partial charge in [-0.25, -0.2) is 0 Å². The van der Waals surface area contributed by atoms with Gasteiger partial charge >= 0.3 is 0 Å². The van der Waals surface area contributed by atoms with Gasteiger partial charge in [0, 0.05) is 45.3 Å². The third-order valence-corrected chi connectivity index (χ3v) is 4.40. The first kappa shape index (κ1) is 13.1. The van der Waals surface area contributed by atoms with Crippen LogP contribution in [0.5, 0.6) is 0 Å². The van der Waals surface area contributed by atoms with Crippen LogP contribution in [0.1, 0.15) is 18.4 Å². The van der Waals surface area contributed by atoms with E-state index in [0.717, 1.165) is 25.7 Å². The Morgan fingerprint density at radius 2 is 1.84 bits per heavy atom. The van der Waals surface area contributed by atoms with Crippen LogP contribution in [0.15, 0.2) is 30.3 Å². The van der Waals surface area contributed by atoms with Crippen molar-refractivity contribution in [1.82, 2.24) is 15.1 Å². The monoisotopic (exact) mass is 259 g/mol. The molecule has 2 aliphatic heterocycles. The van der Waals surface area contributed by atoms with Crippen molar-refractivity contribution in [2.75, 3.05) is 39.3 Å². The Hall–Kier alpha value is -0.900. The fraction of sp³-hybridized carbons (Fsp3) is 0.625. The molecule has 0 amide bonds. The zero-order valence-electron chi connectivity index (χ0n) is 11.7. The lowest BCUT2D eigenvalue weighted by molar-refractivity contribution is 0.0840. The molecular formula is C16H25N3. The molecule has 0 spiro atoms. The summed E-state index contributed by atoms with van der Waals surface area (Å²) < 4.78 is 0. The summed E-state index contributed by atoms with van der Waals surface area (Å²) in [6, 6.07) is 11.7. The van der Waals surface area contributed by atoms with Crippen molar-refractivity contribution >= 4 is 0 Å². The highest BCUT2D eigenvalue weighted by Crippen LogP contribution is 2.18. The van der Waals surface area contributed by atoms with Crippen LogP contribution in [0.2, 0.25) is 0 Å². The average Bonchev–Trinajstić information content (AvgIpc) is 2.49. The Labute approximate surface area is 116 Å². The SMILES string of the molecule is c1ccc(CN2CCC[C@H](N3CCNCC3)C2)cc1. The zero-order valence-corrected chi connectivity index (χ0v) is 11.7. The predicted molar refractivity (Wildman–Crippen MR) is 79.2 cm³/mol. The van der Waals surface area contributed by atoms with Crippen LogP contribution in [0.25, 0.3) is 0 Å². The van der Waals surface area contributed by atoms with Gasteiger partial charge in [-0.05, 0) is 24.9 Å². The van der Waals surface area contributed by atoms with Gasteiger partial charge in [0.2, 0.25) is 0 Å². The van der Waals surface area contributed by atoms with Crippen molar-refractivity contribution in [2.45, 2.75) is 25.4 Å². The molecule has 2 aliphatic rings. The number of piperidine rings is 1. The third-order valence-electron chi connectivity index (χ3n) is 4.40. The quantitative estimate of drug-likeness (QED) is 0.888. The first-order valence-electron chi connectivity index (χ1n) is 7.63. The lowest BCUT2D eigenvalue weighted by Gasteiger charge is -2.41. The van der Waals surface area contributed by atoms with Crippen molar-refractivity contribution < 1.29 is 0 Å². The third kappa shape index (κ3) is 3.56. The molecule has 0 bridgehead atoms. The van der Waals surface area contributed by atoms with Crippen LogP contribution in [0.3, 0.4) is 0 Å². The summed E-state index contributed by atoms with van der Waals surface area (Å²) >= 11 is 0. The van der Waals surface area contributed by atoms with E-state index >= 15 is 0 Å². The first-order valence-corrected chi connectivity index (χ1v) is 7.63. The van der Waals surface area contributed by atoms with Gasteiger partial charge < -0.3 is 5.32 Å². The Morgan fingerprint density at radius 1 is 1.05 bits per heavy atom. The zero-order chi connectivity index (χ0) is 12.9. The average molecular weight is 259 g/mol. The highest BCUT2D eigenvalue weighted by atomic mass is 15.3. The number of hydrogen-bond donors (Lipinski definition) is 1. The Morgan fingerprint density at radius 3 is 2.63 bits per heavy atom. The molecule has 1 aromatic carbocycles. The van der Waals surface area contributed by atoms with E-state index in [9.17, 15) is 0 Å². The number of nitrogens with one attached hydrogen (secondary N) is 1. The fourth-order valence-corrected chi connectivity index (χ4v) is 3.36. The molecule has 19 heavy (non-hydrogen) atoms. The van der Waals surface area contributed by atoms with Crippen LogP contribution in [0, 0.1) is 0 Å². The number of rotatable bonds is 3. The molecule has 1 aromatic rings. The topological polar surface area (TPSA) is 18.5 Å². The lowest BCUT2D eigenvalue weighted by Crippen LogP contribution is -2.53. The molecule has 2 fully saturated rings. The van der Waals surface area contributed by atoms with Gasteiger partial charge in [-0.15, -0.1) is 0 Å². The van der Waals surface area contributed by atoms with Crippen molar-refractivity contribution in [2.24, 2.45) is 0 Å². The maximum atomic E-state index is 3.45. The van der Waals surface area contributed by atoms with E-state index in [4.69, 9.17) is 0 Å². The summed E-state index contributed by atoms with van der Waals surface area (Å²) in [6.07, 6.45) is 2.73. The van der Waals surface area contributed by atoms with Crippen LogP contribution in [-0.4, -0.2) is 55.1 Å². The Kier molecular flexibility index (Phi) is 4.49. The smallest absolute Gasteiger partial charge is 0.0234 e. The minimum absolute atomic E-state index is 0.777. The number of nitrogens with zero attached hydrogens (tertiary/aromatic N) is 2. The first-order chi connectivity index (χ1) is 9.42. The highest BCUT2D eigenvalue weighted by molar-refractivity contribution is 5.14. The van der Waals surface area contributed by atoms with Crippen LogP contribution >= 0.6 is 0 Å². The Balaban J connectivity index is 1.55. The summed E-state index contributed by atoms with van der Waals surface area (Å²) in [4.78, 5) is 5.32. The largest absolute Gasteiger partial charge is 0.314 e. The molecule has 3 heteroatoms. The second kappa shape index (κ2) is 6.51. The molecular weight excluding hydrogens is 234 g/mol. The normalized spacial score (nSPS) is 26.4. The van der Waals surface area contributed by atoms with E-state index in [1.54, 1.807) is 0 Å². The standard InChI is InChI=1S/C16H25N3/c1-2-5-15(6-3-1)13-18-10-4-7-16(14-18)19-11-8-17-9-12-19/h1-3,5-6,16-17H,4,7-14H2/t16-/m0/s1. The van der Waals surface area contributed by atoms with Crippen molar-refractivity contribution in [3.8, 4) is 0 Å². The fourth-order valence-electron chi connectivity index (χ4n) is 3.36. The predicted octanol–water partition coefficient (Wildman–Crippen LogP) is 1.56. The molecule has 0 radical (unpaired) electrons. The van der Waals surface area contributed by atoms with Gasteiger partial charge in [0.25, 0.3) is 0 Å². The van der Waals surface area contributed by atoms with Crippen molar-refractivity contribution in [3.05, 3.63) is 35.9 Å². The van der Waals surface area contributed by atoms with Gasteiger partial charge in [-0.2, -0.15) is 0 Å². The van der Waals surface area contributed by atoms with Crippen molar-refractivity contribution in [1.29, 1.82) is 0 Å². The highest BCUT2D eigenvalue weighted by Gasteiger charge is 2.25. The second-order valence-corrected chi connectivity index (χ2v) is 5.80. The molecule has 0 saturated carbocycles. The minimum atomic E-state index is 0.777. The van der Waals surface area contributed by atoms with Crippen LogP contribution in [-0.2, 0) is 6.54 Å². The molecule has 1 N–H and O–H groups in total. The molecule has 104 valence electrons. The van der Waals surface area contributed by atoms with E-state index in [0.29, 0.717) is 0 Å². The summed E-state index contributed by atoms with van der Waals surface area (Å²) in [5.41, 5.74) is 1.45. The van der Waals surface area contributed by atoms with E-state index in [-0.39, 0.29) is 0 Å². The van der Waals surface area contributed by atoms with E-state index in [2.05, 4.69) is 45.4 Å². The molecule has 0 aromatic heterocycles. The van der Waals surface area contributed by atoms with E-state index < -0.39 is 0 Å². The molecule has 3 rings (SSSR count). The molecule has 3 nitrogen and oxygen atoms in total. The summed E-state index contributed by atoms with van der Waals surface area (Å²) in [6.45, 7) is 8.40. The molecule has 0 unspecified atom stereocenters. The van der Waals surface area contributed by atoms with Crippen molar-refractivity contribution in [3.63, 3.8) is 0 Å².